The van der Waals surface area contributed by atoms with Gasteiger partial charge in [-0.05, 0) is 43.7 Å². The van der Waals surface area contributed by atoms with Gasteiger partial charge in [-0.3, -0.25) is 4.79 Å². The van der Waals surface area contributed by atoms with E-state index >= 15 is 0 Å². The minimum atomic E-state index is -0.300. The SMILES string of the molecule is CC(C)N(Cc1ccccc1)C(=O)CSc1ncc(-c2ccc(F)cc2)o1. The van der Waals surface area contributed by atoms with E-state index in [-0.39, 0.29) is 23.5 Å². The number of rotatable bonds is 7. The maximum absolute atomic E-state index is 13.0. The number of thioether (sulfide) groups is 1. The van der Waals surface area contributed by atoms with Gasteiger partial charge in [0.1, 0.15) is 5.82 Å². The highest BCUT2D eigenvalue weighted by Gasteiger charge is 2.18. The van der Waals surface area contributed by atoms with Crippen LogP contribution in [0.2, 0.25) is 0 Å². The highest BCUT2D eigenvalue weighted by Crippen LogP contribution is 2.26. The number of nitrogens with zero attached hydrogens (tertiary/aromatic N) is 2. The molecule has 140 valence electrons. The summed E-state index contributed by atoms with van der Waals surface area (Å²) in [5.74, 6) is 0.523. The Hall–Kier alpha value is -2.60. The average molecular weight is 384 g/mol. The number of aromatic nitrogens is 1. The molecule has 0 radical (unpaired) electrons. The summed E-state index contributed by atoms with van der Waals surface area (Å²) < 4.78 is 18.7. The maximum Gasteiger partial charge on any atom is 0.256 e. The second-order valence-electron chi connectivity index (χ2n) is 6.39. The van der Waals surface area contributed by atoms with Gasteiger partial charge in [-0.25, -0.2) is 9.37 Å². The summed E-state index contributed by atoms with van der Waals surface area (Å²) in [4.78, 5) is 18.7. The summed E-state index contributed by atoms with van der Waals surface area (Å²) in [6.07, 6.45) is 1.59. The Morgan fingerprint density at radius 3 is 2.52 bits per heavy atom. The summed E-state index contributed by atoms with van der Waals surface area (Å²) in [6, 6.07) is 16.0. The van der Waals surface area contributed by atoms with Crippen LogP contribution in [-0.2, 0) is 11.3 Å². The molecule has 27 heavy (non-hydrogen) atoms. The van der Waals surface area contributed by atoms with Crippen LogP contribution in [0.3, 0.4) is 0 Å². The van der Waals surface area contributed by atoms with E-state index in [1.807, 2.05) is 49.1 Å². The highest BCUT2D eigenvalue weighted by molar-refractivity contribution is 7.99. The fourth-order valence-electron chi connectivity index (χ4n) is 2.62. The first kappa shape index (κ1) is 19.2. The molecule has 0 unspecified atom stereocenters. The molecular weight excluding hydrogens is 363 g/mol. The molecule has 1 aromatic heterocycles. The van der Waals surface area contributed by atoms with Crippen LogP contribution < -0.4 is 0 Å². The van der Waals surface area contributed by atoms with Crippen molar-refractivity contribution in [3.63, 3.8) is 0 Å². The van der Waals surface area contributed by atoms with Crippen molar-refractivity contribution >= 4 is 17.7 Å². The third-order valence-electron chi connectivity index (χ3n) is 4.07. The molecule has 0 N–H and O–H groups in total. The Kier molecular flexibility index (Phi) is 6.29. The monoisotopic (exact) mass is 384 g/mol. The molecule has 6 heteroatoms. The number of benzene rings is 2. The molecule has 0 spiro atoms. The van der Waals surface area contributed by atoms with Crippen molar-refractivity contribution in [3.8, 4) is 11.3 Å². The summed E-state index contributed by atoms with van der Waals surface area (Å²) >= 11 is 1.26. The van der Waals surface area contributed by atoms with Crippen molar-refractivity contribution in [2.75, 3.05) is 5.75 Å². The van der Waals surface area contributed by atoms with Crippen LogP contribution >= 0.6 is 11.8 Å². The zero-order chi connectivity index (χ0) is 19.2. The van der Waals surface area contributed by atoms with Gasteiger partial charge in [0.05, 0.1) is 11.9 Å². The number of carbonyl (C=O) groups is 1. The largest absolute Gasteiger partial charge is 0.431 e. The molecule has 0 fully saturated rings. The van der Waals surface area contributed by atoms with Crippen molar-refractivity contribution < 1.29 is 13.6 Å². The third-order valence-corrected chi connectivity index (χ3v) is 4.90. The lowest BCUT2D eigenvalue weighted by Crippen LogP contribution is -2.37. The minimum absolute atomic E-state index is 0.0281. The third kappa shape index (κ3) is 5.20. The van der Waals surface area contributed by atoms with Gasteiger partial charge < -0.3 is 9.32 Å². The molecule has 4 nitrogen and oxygen atoms in total. The predicted octanol–water partition coefficient (Wildman–Crippen LogP) is 5.01. The molecule has 2 aromatic carbocycles. The zero-order valence-electron chi connectivity index (χ0n) is 15.3. The molecule has 1 heterocycles. The van der Waals surface area contributed by atoms with Crippen molar-refractivity contribution in [2.45, 2.75) is 31.7 Å². The molecule has 0 aliphatic carbocycles. The molecule has 0 saturated carbocycles. The Morgan fingerprint density at radius 1 is 1.15 bits per heavy atom. The van der Waals surface area contributed by atoms with Crippen molar-refractivity contribution in [1.82, 2.24) is 9.88 Å². The smallest absolute Gasteiger partial charge is 0.256 e. The van der Waals surface area contributed by atoms with E-state index in [4.69, 9.17) is 4.42 Å². The summed E-state index contributed by atoms with van der Waals surface area (Å²) in [5, 5.41) is 0.422. The van der Waals surface area contributed by atoms with E-state index in [0.29, 0.717) is 17.5 Å². The van der Waals surface area contributed by atoms with Gasteiger partial charge in [0.25, 0.3) is 5.22 Å². The quantitative estimate of drug-likeness (QED) is 0.537. The van der Waals surface area contributed by atoms with Crippen LogP contribution in [0.1, 0.15) is 19.4 Å². The number of amides is 1. The Labute approximate surface area is 162 Å². The molecule has 3 aromatic rings. The lowest BCUT2D eigenvalue weighted by molar-refractivity contribution is -0.130. The van der Waals surface area contributed by atoms with E-state index in [0.717, 1.165) is 11.1 Å². The van der Waals surface area contributed by atoms with Gasteiger partial charge >= 0.3 is 0 Å². The Balaban J connectivity index is 1.61. The molecule has 0 atom stereocenters. The van der Waals surface area contributed by atoms with Gasteiger partial charge in [-0.2, -0.15) is 0 Å². The standard InChI is InChI=1S/C21H21FN2O2S/c1-15(2)24(13-16-6-4-3-5-7-16)20(25)14-27-21-23-12-19(26-21)17-8-10-18(22)11-9-17/h3-12,15H,13-14H2,1-2H3. The Bertz CT molecular complexity index is 879. The first-order chi connectivity index (χ1) is 13.0. The zero-order valence-corrected chi connectivity index (χ0v) is 16.1. The normalized spacial score (nSPS) is 11.0. The van der Waals surface area contributed by atoms with E-state index in [2.05, 4.69) is 4.98 Å². The van der Waals surface area contributed by atoms with E-state index in [1.165, 1.54) is 23.9 Å². The van der Waals surface area contributed by atoms with Crippen molar-refractivity contribution in [1.29, 1.82) is 0 Å². The molecule has 0 saturated heterocycles. The van der Waals surface area contributed by atoms with E-state index < -0.39 is 0 Å². The molecule has 1 amide bonds. The number of hydrogen-bond acceptors (Lipinski definition) is 4. The number of halogens is 1. The molecule has 0 aliphatic rings. The van der Waals surface area contributed by atoms with Crippen LogP contribution in [0.4, 0.5) is 4.39 Å². The summed E-state index contributed by atoms with van der Waals surface area (Å²) in [6.45, 7) is 4.58. The van der Waals surface area contributed by atoms with Crippen LogP contribution in [0.25, 0.3) is 11.3 Å². The molecular formula is C21H21FN2O2S. The van der Waals surface area contributed by atoms with E-state index in [1.54, 1.807) is 18.3 Å². The van der Waals surface area contributed by atoms with Crippen LogP contribution in [0, 0.1) is 5.82 Å². The lowest BCUT2D eigenvalue weighted by atomic mass is 10.2. The second-order valence-corrected chi connectivity index (χ2v) is 7.31. The summed E-state index contributed by atoms with van der Waals surface area (Å²) in [5.41, 5.74) is 1.84. The fourth-order valence-corrected chi connectivity index (χ4v) is 3.31. The first-order valence-electron chi connectivity index (χ1n) is 8.71. The summed E-state index contributed by atoms with van der Waals surface area (Å²) in [7, 11) is 0. The van der Waals surface area contributed by atoms with Crippen molar-refractivity contribution in [3.05, 3.63) is 72.2 Å². The van der Waals surface area contributed by atoms with Crippen LogP contribution in [0.5, 0.6) is 0 Å². The van der Waals surface area contributed by atoms with Gasteiger partial charge in [0, 0.05) is 18.2 Å². The highest BCUT2D eigenvalue weighted by atomic mass is 32.2. The predicted molar refractivity (Wildman–Crippen MR) is 105 cm³/mol. The Morgan fingerprint density at radius 2 is 1.85 bits per heavy atom. The minimum Gasteiger partial charge on any atom is -0.431 e. The number of hydrogen-bond donors (Lipinski definition) is 0. The van der Waals surface area contributed by atoms with Crippen LogP contribution in [-0.4, -0.2) is 27.6 Å². The average Bonchev–Trinajstić information content (AvgIpc) is 3.14. The molecule has 0 bridgehead atoms. The lowest BCUT2D eigenvalue weighted by Gasteiger charge is -2.26. The first-order valence-corrected chi connectivity index (χ1v) is 9.69. The number of carbonyl (C=O) groups excluding carboxylic acids is 1. The maximum atomic E-state index is 13.0. The van der Waals surface area contributed by atoms with E-state index in [9.17, 15) is 9.18 Å². The van der Waals surface area contributed by atoms with Gasteiger partial charge in [-0.1, -0.05) is 42.1 Å². The second kappa shape index (κ2) is 8.86. The van der Waals surface area contributed by atoms with Gasteiger partial charge in [-0.15, -0.1) is 0 Å². The number of oxazole rings is 1. The fraction of sp³-hybridized carbons (Fsp3) is 0.238. The van der Waals surface area contributed by atoms with Crippen molar-refractivity contribution in [2.24, 2.45) is 0 Å². The molecule has 0 aliphatic heterocycles. The topological polar surface area (TPSA) is 46.3 Å². The van der Waals surface area contributed by atoms with Gasteiger partial charge in [0.2, 0.25) is 5.91 Å². The van der Waals surface area contributed by atoms with Crippen LogP contribution in [0.15, 0.2) is 70.4 Å². The van der Waals surface area contributed by atoms with Gasteiger partial charge in [0.15, 0.2) is 5.76 Å². The molecule has 3 rings (SSSR count).